The third kappa shape index (κ3) is 5.88. The Morgan fingerprint density at radius 1 is 0.857 bits per heavy atom. The maximum Gasteiger partial charge on any atom is 0.335 e. The Kier molecular flexibility index (Phi) is 9.29. The molecule has 1 aliphatic heterocycles. The molecule has 49 heavy (non-hydrogen) atoms. The van der Waals surface area contributed by atoms with Crippen LogP contribution in [0, 0.1) is 50.7 Å². The molecule has 1 saturated heterocycles. The van der Waals surface area contributed by atoms with E-state index in [1.54, 1.807) is 12.1 Å². The molecule has 0 radical (unpaired) electrons. The van der Waals surface area contributed by atoms with Gasteiger partial charge in [-0.2, -0.15) is 0 Å². The highest BCUT2D eigenvalue weighted by Crippen LogP contribution is 2.77. The van der Waals surface area contributed by atoms with Gasteiger partial charge >= 0.3 is 5.97 Å². The summed E-state index contributed by atoms with van der Waals surface area (Å²) in [6.45, 7) is 17.8. The van der Waals surface area contributed by atoms with Crippen molar-refractivity contribution >= 4 is 21.4 Å². The van der Waals surface area contributed by atoms with Crippen molar-refractivity contribution in [2.45, 2.75) is 112 Å². The molecule has 7 rings (SSSR count). The van der Waals surface area contributed by atoms with Crippen LogP contribution in [0.25, 0.3) is 5.57 Å². The van der Waals surface area contributed by atoms with Crippen LogP contribution in [0.2, 0.25) is 0 Å². The number of nitrogens with one attached hydrogen (secondary N) is 1. The highest BCUT2D eigenvalue weighted by atomic mass is 32.2. The summed E-state index contributed by atoms with van der Waals surface area (Å²) in [6.07, 6.45) is 18.4. The van der Waals surface area contributed by atoms with E-state index >= 15 is 0 Å². The van der Waals surface area contributed by atoms with Crippen LogP contribution in [-0.4, -0.2) is 68.6 Å². The predicted octanol–water partition coefficient (Wildman–Crippen LogP) is 8.33. The number of hydrogen-bond donors (Lipinski definition) is 2. The summed E-state index contributed by atoms with van der Waals surface area (Å²) in [5.41, 5.74) is 4.52. The Hall–Kier alpha value is -1.70. The fourth-order valence-electron chi connectivity index (χ4n) is 13.8. The lowest BCUT2D eigenvalue weighted by Gasteiger charge is -2.72. The second kappa shape index (κ2) is 12.8. The molecule has 5 fully saturated rings. The summed E-state index contributed by atoms with van der Waals surface area (Å²) in [4.78, 5) is 13.9. The molecular weight excluding hydrogens is 629 g/mol. The number of carboxylic acids is 1. The average Bonchev–Trinajstić information content (AvgIpc) is 3.48. The Labute approximate surface area is 297 Å². The van der Waals surface area contributed by atoms with E-state index in [9.17, 15) is 18.3 Å². The van der Waals surface area contributed by atoms with Crippen molar-refractivity contribution in [3.63, 3.8) is 0 Å². The zero-order valence-electron chi connectivity index (χ0n) is 31.2. The Morgan fingerprint density at radius 3 is 2.31 bits per heavy atom. The summed E-state index contributed by atoms with van der Waals surface area (Å²) >= 11 is 0. The van der Waals surface area contributed by atoms with Crippen molar-refractivity contribution in [2.75, 3.05) is 44.2 Å². The summed E-state index contributed by atoms with van der Waals surface area (Å²) in [7, 11) is -2.80. The normalized spacial score (nSPS) is 41.1. The van der Waals surface area contributed by atoms with Gasteiger partial charge in [-0.05, 0) is 158 Å². The maximum absolute atomic E-state index is 11.8. The van der Waals surface area contributed by atoms with E-state index < -0.39 is 15.8 Å². The van der Waals surface area contributed by atoms with E-state index in [0.29, 0.717) is 52.3 Å². The first kappa shape index (κ1) is 35.7. The molecule has 7 heteroatoms. The first-order valence-corrected chi connectivity index (χ1v) is 21.7. The van der Waals surface area contributed by atoms with Gasteiger partial charge in [0.2, 0.25) is 0 Å². The molecule has 0 aromatic heterocycles. The monoisotopic (exact) mass is 692 g/mol. The SMILES string of the molecule is CC1(C)C(c2ccc(C(=O)O)cc2)=CC[C@@]2(C)C1CC[C@]1(C)C2CC[C@@H]2C3CCC[C@]3(CNCCCCN3CCS(=O)(=O)CC3)CC[C@]21C. The molecule has 5 aliphatic carbocycles. The van der Waals surface area contributed by atoms with Gasteiger partial charge in [0.05, 0.1) is 17.1 Å². The second-order valence-corrected chi connectivity index (χ2v) is 21.1. The lowest BCUT2D eigenvalue weighted by molar-refractivity contribution is -0.222. The van der Waals surface area contributed by atoms with Crippen LogP contribution < -0.4 is 5.32 Å². The number of aromatic carboxylic acids is 1. The number of fused-ring (bicyclic) bond motifs is 7. The van der Waals surface area contributed by atoms with Crippen LogP contribution >= 0.6 is 0 Å². The second-order valence-electron chi connectivity index (χ2n) is 18.8. The van der Waals surface area contributed by atoms with Crippen LogP contribution in [0.4, 0.5) is 0 Å². The molecular formula is C42H64N2O4S. The number of carboxylic acid groups (broad SMARTS) is 1. The number of benzene rings is 1. The van der Waals surface area contributed by atoms with E-state index in [4.69, 9.17) is 0 Å². The van der Waals surface area contributed by atoms with Crippen molar-refractivity contribution < 1.29 is 18.3 Å². The summed E-state index contributed by atoms with van der Waals surface area (Å²) in [5.74, 6) is 2.84. The number of unbranched alkanes of at least 4 members (excludes halogenated alkanes) is 1. The van der Waals surface area contributed by atoms with Crippen LogP contribution in [0.3, 0.4) is 0 Å². The standard InChI is InChI=1S/C42H64N2O4S/c1-38(2)32(30-10-12-31(13-11-30)37(45)46)16-19-39(3)35(38)17-20-41(5)36(39)15-14-33-34-9-8-18-42(34,22-21-40(33,41)4)29-43-23-6-7-24-44-25-27-49(47,48)28-26-44/h10-13,16,33-36,43H,6-9,14-15,17-29H2,1-5H3,(H,45,46)/t33-,34?,35?,36?,39+,40-,41-,42-/m1/s1. The molecule has 4 saturated carbocycles. The third-order valence-electron chi connectivity index (χ3n) is 16.6. The molecule has 3 unspecified atom stereocenters. The number of hydrogen-bond acceptors (Lipinski definition) is 5. The van der Waals surface area contributed by atoms with Crippen LogP contribution in [0.1, 0.15) is 128 Å². The first-order chi connectivity index (χ1) is 23.2. The Bertz CT molecular complexity index is 1540. The Balaban J connectivity index is 1.02. The number of rotatable bonds is 9. The summed E-state index contributed by atoms with van der Waals surface area (Å²) in [6, 6.07) is 7.63. The van der Waals surface area contributed by atoms with E-state index in [2.05, 4.69) is 50.9 Å². The van der Waals surface area contributed by atoms with Gasteiger partial charge in [-0.1, -0.05) is 59.2 Å². The molecule has 0 amide bonds. The third-order valence-corrected chi connectivity index (χ3v) is 18.2. The minimum atomic E-state index is -2.80. The molecule has 1 aromatic rings. The van der Waals surface area contributed by atoms with Gasteiger partial charge in [0.25, 0.3) is 0 Å². The fraction of sp³-hybridized carbons (Fsp3) is 0.786. The van der Waals surface area contributed by atoms with Gasteiger partial charge in [0, 0.05) is 19.6 Å². The van der Waals surface area contributed by atoms with Gasteiger partial charge in [-0.3, -0.25) is 0 Å². The molecule has 6 aliphatic rings. The van der Waals surface area contributed by atoms with Gasteiger partial charge in [0.15, 0.2) is 9.84 Å². The molecule has 6 nitrogen and oxygen atoms in total. The quantitative estimate of drug-likeness (QED) is 0.253. The molecule has 0 spiro atoms. The molecule has 1 heterocycles. The van der Waals surface area contributed by atoms with E-state index in [-0.39, 0.29) is 10.8 Å². The van der Waals surface area contributed by atoms with E-state index in [1.807, 2.05) is 12.1 Å². The average molecular weight is 693 g/mol. The van der Waals surface area contributed by atoms with Crippen molar-refractivity contribution in [2.24, 2.45) is 50.7 Å². The molecule has 272 valence electrons. The highest BCUT2D eigenvalue weighted by Gasteiger charge is 2.69. The van der Waals surface area contributed by atoms with Crippen molar-refractivity contribution in [1.29, 1.82) is 0 Å². The summed E-state index contributed by atoms with van der Waals surface area (Å²) in [5, 5.41) is 13.4. The van der Waals surface area contributed by atoms with Gasteiger partial charge < -0.3 is 15.3 Å². The topological polar surface area (TPSA) is 86.7 Å². The Morgan fingerprint density at radius 2 is 1.59 bits per heavy atom. The van der Waals surface area contributed by atoms with Crippen LogP contribution in [0.5, 0.6) is 0 Å². The zero-order valence-corrected chi connectivity index (χ0v) is 32.0. The van der Waals surface area contributed by atoms with Crippen molar-refractivity contribution in [3.8, 4) is 0 Å². The molecule has 8 atom stereocenters. The van der Waals surface area contributed by atoms with Crippen molar-refractivity contribution in [1.82, 2.24) is 10.2 Å². The number of carbonyl (C=O) groups is 1. The number of sulfone groups is 1. The largest absolute Gasteiger partial charge is 0.478 e. The van der Waals surface area contributed by atoms with E-state index in [0.717, 1.165) is 43.7 Å². The minimum Gasteiger partial charge on any atom is -0.478 e. The summed E-state index contributed by atoms with van der Waals surface area (Å²) < 4.78 is 23.5. The van der Waals surface area contributed by atoms with Gasteiger partial charge in [-0.15, -0.1) is 0 Å². The van der Waals surface area contributed by atoms with Crippen LogP contribution in [0.15, 0.2) is 30.3 Å². The lowest BCUT2D eigenvalue weighted by Crippen LogP contribution is -2.65. The zero-order chi connectivity index (χ0) is 34.9. The number of nitrogens with zero attached hydrogens (tertiary/aromatic N) is 1. The predicted molar refractivity (Wildman–Crippen MR) is 199 cm³/mol. The van der Waals surface area contributed by atoms with E-state index in [1.165, 1.54) is 81.9 Å². The molecule has 2 N–H and O–H groups in total. The number of allylic oxidation sites excluding steroid dienone is 2. The highest BCUT2D eigenvalue weighted by molar-refractivity contribution is 7.91. The smallest absolute Gasteiger partial charge is 0.335 e. The van der Waals surface area contributed by atoms with Gasteiger partial charge in [0.1, 0.15) is 0 Å². The van der Waals surface area contributed by atoms with Gasteiger partial charge in [-0.25, -0.2) is 13.2 Å². The maximum atomic E-state index is 11.8. The molecule has 1 aromatic carbocycles. The molecule has 0 bridgehead atoms. The lowest BCUT2D eigenvalue weighted by atomic mass is 9.32. The minimum absolute atomic E-state index is 0.0457. The first-order valence-electron chi connectivity index (χ1n) is 19.8. The van der Waals surface area contributed by atoms with Crippen LogP contribution in [-0.2, 0) is 9.84 Å². The van der Waals surface area contributed by atoms with Crippen molar-refractivity contribution in [3.05, 3.63) is 41.5 Å². The fourth-order valence-corrected chi connectivity index (χ4v) is 15.1.